The van der Waals surface area contributed by atoms with Crippen molar-refractivity contribution in [1.82, 2.24) is 9.97 Å². The molecule has 0 aliphatic heterocycles. The van der Waals surface area contributed by atoms with Crippen molar-refractivity contribution in [2.24, 2.45) is 0 Å². The third-order valence-corrected chi connectivity index (χ3v) is 3.01. The van der Waals surface area contributed by atoms with Crippen LogP contribution in [0, 0.1) is 11.8 Å². The zero-order valence-electron chi connectivity index (χ0n) is 11.2. The van der Waals surface area contributed by atoms with Crippen molar-refractivity contribution < 1.29 is 13.2 Å². The number of fused-ring (bicyclic) bond motifs is 1. The molecule has 2 aromatic heterocycles. The summed E-state index contributed by atoms with van der Waals surface area (Å²) >= 11 is 0. The van der Waals surface area contributed by atoms with E-state index >= 15 is 0 Å². The lowest BCUT2D eigenvalue weighted by atomic mass is 10.1. The van der Waals surface area contributed by atoms with Gasteiger partial charge in [0, 0.05) is 23.5 Å². The zero-order valence-corrected chi connectivity index (χ0v) is 11.2. The number of aromatic nitrogens is 2. The second kappa shape index (κ2) is 5.49. The van der Waals surface area contributed by atoms with Gasteiger partial charge in [-0.3, -0.25) is 9.97 Å². The van der Waals surface area contributed by atoms with E-state index in [0.717, 1.165) is 23.2 Å². The standard InChI is InChI=1S/C17H9F3N2/c18-17(19,20)14-7-5-12(6-8-14)3-4-13-10-16-15(22-11-13)2-1-9-21-16/h1-2,5-11H. The first-order chi connectivity index (χ1) is 10.5. The molecular weight excluding hydrogens is 289 g/mol. The van der Waals surface area contributed by atoms with Gasteiger partial charge in [0.15, 0.2) is 0 Å². The van der Waals surface area contributed by atoms with Crippen molar-refractivity contribution in [3.63, 3.8) is 0 Å². The Bertz CT molecular complexity index is 872. The number of halogens is 3. The van der Waals surface area contributed by atoms with E-state index in [9.17, 15) is 13.2 Å². The van der Waals surface area contributed by atoms with E-state index in [2.05, 4.69) is 21.8 Å². The lowest BCUT2D eigenvalue weighted by Crippen LogP contribution is -2.04. The minimum Gasteiger partial charge on any atom is -0.255 e. The maximum atomic E-state index is 12.5. The third kappa shape index (κ3) is 3.07. The summed E-state index contributed by atoms with van der Waals surface area (Å²) in [5.74, 6) is 5.70. The van der Waals surface area contributed by atoms with E-state index in [1.165, 1.54) is 12.1 Å². The Labute approximate surface area is 124 Å². The van der Waals surface area contributed by atoms with Crippen LogP contribution in [0.15, 0.2) is 54.9 Å². The molecule has 0 radical (unpaired) electrons. The summed E-state index contributed by atoms with van der Waals surface area (Å²) < 4.78 is 37.4. The molecule has 0 unspecified atom stereocenters. The molecule has 0 N–H and O–H groups in total. The van der Waals surface area contributed by atoms with Gasteiger partial charge >= 0.3 is 6.18 Å². The van der Waals surface area contributed by atoms with Crippen molar-refractivity contribution in [2.45, 2.75) is 6.18 Å². The Hall–Kier alpha value is -2.87. The van der Waals surface area contributed by atoms with Gasteiger partial charge in [0.1, 0.15) is 0 Å². The highest BCUT2D eigenvalue weighted by Gasteiger charge is 2.29. The fourth-order valence-electron chi connectivity index (χ4n) is 1.91. The quantitative estimate of drug-likeness (QED) is 0.585. The topological polar surface area (TPSA) is 25.8 Å². The Balaban J connectivity index is 1.87. The molecule has 0 saturated carbocycles. The highest BCUT2D eigenvalue weighted by atomic mass is 19.4. The molecule has 0 saturated heterocycles. The molecule has 2 heterocycles. The molecule has 0 bridgehead atoms. The van der Waals surface area contributed by atoms with Gasteiger partial charge in [-0.15, -0.1) is 0 Å². The number of hydrogen-bond acceptors (Lipinski definition) is 2. The van der Waals surface area contributed by atoms with Crippen molar-refractivity contribution >= 4 is 11.0 Å². The second-order valence-corrected chi connectivity index (χ2v) is 4.59. The average molecular weight is 298 g/mol. The molecule has 0 atom stereocenters. The van der Waals surface area contributed by atoms with Crippen molar-refractivity contribution in [3.8, 4) is 11.8 Å². The van der Waals surface area contributed by atoms with Gasteiger partial charge in [0.2, 0.25) is 0 Å². The van der Waals surface area contributed by atoms with Crippen LogP contribution in [0.5, 0.6) is 0 Å². The van der Waals surface area contributed by atoms with Gasteiger partial charge in [0.25, 0.3) is 0 Å². The average Bonchev–Trinajstić information content (AvgIpc) is 2.52. The third-order valence-electron chi connectivity index (χ3n) is 3.01. The van der Waals surface area contributed by atoms with E-state index in [4.69, 9.17) is 0 Å². The van der Waals surface area contributed by atoms with Crippen LogP contribution in [0.25, 0.3) is 11.0 Å². The van der Waals surface area contributed by atoms with Gasteiger partial charge < -0.3 is 0 Å². The fourth-order valence-corrected chi connectivity index (χ4v) is 1.91. The maximum Gasteiger partial charge on any atom is 0.416 e. The SMILES string of the molecule is FC(F)(F)c1ccc(C#Cc2cnc3cccnc3c2)cc1. The van der Waals surface area contributed by atoms with E-state index < -0.39 is 11.7 Å². The first-order valence-corrected chi connectivity index (χ1v) is 6.42. The monoisotopic (exact) mass is 298 g/mol. The highest BCUT2D eigenvalue weighted by Crippen LogP contribution is 2.28. The Morgan fingerprint density at radius 1 is 0.818 bits per heavy atom. The number of hydrogen-bond donors (Lipinski definition) is 0. The summed E-state index contributed by atoms with van der Waals surface area (Å²) in [6, 6.07) is 10.2. The van der Waals surface area contributed by atoms with Crippen LogP contribution in [-0.4, -0.2) is 9.97 Å². The van der Waals surface area contributed by atoms with Crippen LogP contribution in [0.2, 0.25) is 0 Å². The van der Waals surface area contributed by atoms with Gasteiger partial charge in [-0.2, -0.15) is 13.2 Å². The van der Waals surface area contributed by atoms with Crippen molar-refractivity contribution in [2.75, 3.05) is 0 Å². The van der Waals surface area contributed by atoms with Gasteiger partial charge in [0.05, 0.1) is 16.6 Å². The molecule has 1 aromatic carbocycles. The van der Waals surface area contributed by atoms with Crippen LogP contribution >= 0.6 is 0 Å². The van der Waals surface area contributed by atoms with Crippen LogP contribution in [0.1, 0.15) is 16.7 Å². The molecule has 0 amide bonds. The van der Waals surface area contributed by atoms with Crippen LogP contribution in [0.3, 0.4) is 0 Å². The van der Waals surface area contributed by atoms with Crippen molar-refractivity contribution in [3.05, 3.63) is 71.5 Å². The highest BCUT2D eigenvalue weighted by molar-refractivity contribution is 5.75. The van der Waals surface area contributed by atoms with Gasteiger partial charge in [-0.25, -0.2) is 0 Å². The number of nitrogens with zero attached hydrogens (tertiary/aromatic N) is 2. The summed E-state index contributed by atoms with van der Waals surface area (Å²) in [7, 11) is 0. The molecule has 2 nitrogen and oxygen atoms in total. The molecule has 108 valence electrons. The molecule has 0 fully saturated rings. The maximum absolute atomic E-state index is 12.5. The van der Waals surface area contributed by atoms with E-state index in [1.807, 2.05) is 6.07 Å². The molecule has 0 spiro atoms. The van der Waals surface area contributed by atoms with E-state index in [-0.39, 0.29) is 0 Å². The lowest BCUT2D eigenvalue weighted by Gasteiger charge is -2.05. The number of alkyl halides is 3. The van der Waals surface area contributed by atoms with Crippen LogP contribution < -0.4 is 0 Å². The molecule has 0 aliphatic rings. The normalized spacial score (nSPS) is 11.0. The molecule has 3 aromatic rings. The summed E-state index contributed by atoms with van der Waals surface area (Å²) in [5, 5.41) is 0. The molecule has 0 aliphatic carbocycles. The summed E-state index contributed by atoms with van der Waals surface area (Å²) in [4.78, 5) is 8.41. The smallest absolute Gasteiger partial charge is 0.255 e. The van der Waals surface area contributed by atoms with Gasteiger partial charge in [-0.1, -0.05) is 11.8 Å². The van der Waals surface area contributed by atoms with Crippen LogP contribution in [0.4, 0.5) is 13.2 Å². The first-order valence-electron chi connectivity index (χ1n) is 6.42. The molecule has 5 heteroatoms. The Morgan fingerprint density at radius 3 is 2.27 bits per heavy atom. The van der Waals surface area contributed by atoms with E-state index in [1.54, 1.807) is 24.5 Å². The minimum atomic E-state index is -4.33. The zero-order chi connectivity index (χ0) is 15.6. The van der Waals surface area contributed by atoms with Crippen molar-refractivity contribution in [1.29, 1.82) is 0 Å². The minimum absolute atomic E-state index is 0.508. The summed E-state index contributed by atoms with van der Waals surface area (Å²) in [6.45, 7) is 0. The Morgan fingerprint density at radius 2 is 1.55 bits per heavy atom. The Kier molecular flexibility index (Phi) is 3.51. The van der Waals surface area contributed by atoms with Gasteiger partial charge in [-0.05, 0) is 42.5 Å². The molecular formula is C17H9F3N2. The largest absolute Gasteiger partial charge is 0.416 e. The summed E-state index contributed by atoms with van der Waals surface area (Å²) in [6.07, 6.45) is -1.06. The molecule has 22 heavy (non-hydrogen) atoms. The van der Waals surface area contributed by atoms with Crippen LogP contribution in [-0.2, 0) is 6.18 Å². The molecule has 3 rings (SSSR count). The predicted octanol–water partition coefficient (Wildman–Crippen LogP) is 4.05. The fraction of sp³-hybridized carbons (Fsp3) is 0.0588. The first kappa shape index (κ1) is 14.1. The van der Waals surface area contributed by atoms with E-state index in [0.29, 0.717) is 11.1 Å². The number of pyridine rings is 2. The summed E-state index contributed by atoms with van der Waals surface area (Å²) in [5.41, 5.74) is 1.97. The lowest BCUT2D eigenvalue weighted by molar-refractivity contribution is -0.137. The predicted molar refractivity (Wildman–Crippen MR) is 77.0 cm³/mol. The second-order valence-electron chi connectivity index (χ2n) is 4.59. The number of benzene rings is 1. The number of rotatable bonds is 0.